The summed E-state index contributed by atoms with van der Waals surface area (Å²) in [6.07, 6.45) is 7.08. The fourth-order valence-electron chi connectivity index (χ4n) is 2.63. The summed E-state index contributed by atoms with van der Waals surface area (Å²) in [4.78, 5) is 18.5. The monoisotopic (exact) mass is 335 g/mol. The summed E-state index contributed by atoms with van der Waals surface area (Å²) in [6, 6.07) is 8.36. The van der Waals surface area contributed by atoms with E-state index in [1.54, 1.807) is 23.0 Å². The van der Waals surface area contributed by atoms with Gasteiger partial charge >= 0.3 is 0 Å². The number of nitro benzene ring substituents is 1. The van der Waals surface area contributed by atoms with Crippen molar-refractivity contribution in [3.05, 3.63) is 76.6 Å². The van der Waals surface area contributed by atoms with Gasteiger partial charge in [0.15, 0.2) is 0 Å². The van der Waals surface area contributed by atoms with Crippen LogP contribution in [0.4, 0.5) is 5.69 Å². The second-order valence-electron chi connectivity index (χ2n) is 5.58. The number of rotatable bonds is 5. The number of hydrogen-bond donors (Lipinski definition) is 0. The summed E-state index contributed by atoms with van der Waals surface area (Å²) >= 11 is 0. The Bertz CT molecular complexity index is 1040. The molecule has 4 rings (SSSR count). The van der Waals surface area contributed by atoms with Crippen molar-refractivity contribution in [3.63, 3.8) is 0 Å². The first kappa shape index (κ1) is 14.9. The zero-order valence-electron chi connectivity index (χ0n) is 13.1. The molecule has 0 N–H and O–H groups in total. The Hall–Kier alpha value is -3.62. The molecular formula is C16H13N7O2. The molecule has 3 aromatic heterocycles. The third-order valence-corrected chi connectivity index (χ3v) is 3.83. The van der Waals surface area contributed by atoms with Crippen LogP contribution < -0.4 is 0 Å². The fraction of sp³-hybridized carbons (Fsp3) is 0.125. The SMILES string of the molecule is O=[N+]([O-])c1ccc(Cn2cc(Cn3ccc4cncnc43)nn2)cc1. The highest BCUT2D eigenvalue weighted by Crippen LogP contribution is 2.14. The van der Waals surface area contributed by atoms with E-state index in [9.17, 15) is 10.1 Å². The van der Waals surface area contributed by atoms with E-state index in [1.165, 1.54) is 18.5 Å². The molecule has 0 aliphatic carbocycles. The number of fused-ring (bicyclic) bond motifs is 1. The second-order valence-corrected chi connectivity index (χ2v) is 5.58. The molecule has 0 bridgehead atoms. The van der Waals surface area contributed by atoms with Crippen LogP contribution in [-0.2, 0) is 13.1 Å². The van der Waals surface area contributed by atoms with E-state index in [-0.39, 0.29) is 5.69 Å². The van der Waals surface area contributed by atoms with Gasteiger partial charge in [0.25, 0.3) is 5.69 Å². The smallest absolute Gasteiger partial charge is 0.269 e. The Labute approximate surface area is 141 Å². The average molecular weight is 335 g/mol. The van der Waals surface area contributed by atoms with Gasteiger partial charge in [0.05, 0.1) is 24.2 Å². The summed E-state index contributed by atoms with van der Waals surface area (Å²) in [7, 11) is 0. The first-order chi connectivity index (χ1) is 12.2. The number of non-ortho nitro benzene ring substituents is 1. The lowest BCUT2D eigenvalue weighted by Crippen LogP contribution is -2.01. The van der Waals surface area contributed by atoms with Crippen molar-refractivity contribution in [2.24, 2.45) is 0 Å². The maximum Gasteiger partial charge on any atom is 0.269 e. The third kappa shape index (κ3) is 3.07. The summed E-state index contributed by atoms with van der Waals surface area (Å²) in [5.74, 6) is 0. The molecule has 3 heterocycles. The average Bonchev–Trinajstić information content (AvgIpc) is 3.23. The van der Waals surface area contributed by atoms with Crippen LogP contribution in [0.3, 0.4) is 0 Å². The number of aromatic nitrogens is 6. The predicted molar refractivity (Wildman–Crippen MR) is 88.9 cm³/mol. The zero-order chi connectivity index (χ0) is 17.2. The van der Waals surface area contributed by atoms with E-state index in [0.717, 1.165) is 22.3 Å². The quantitative estimate of drug-likeness (QED) is 0.408. The summed E-state index contributed by atoms with van der Waals surface area (Å²) in [5, 5.41) is 20.0. The molecule has 0 aliphatic rings. The molecule has 0 saturated heterocycles. The number of nitrogens with zero attached hydrogens (tertiary/aromatic N) is 7. The van der Waals surface area contributed by atoms with Gasteiger partial charge in [-0.05, 0) is 11.6 Å². The van der Waals surface area contributed by atoms with Gasteiger partial charge in [-0.3, -0.25) is 10.1 Å². The maximum atomic E-state index is 10.7. The molecule has 9 nitrogen and oxygen atoms in total. The van der Waals surface area contributed by atoms with Crippen molar-refractivity contribution in [3.8, 4) is 0 Å². The van der Waals surface area contributed by atoms with Gasteiger partial charge in [0.1, 0.15) is 17.7 Å². The Balaban J connectivity index is 1.49. The van der Waals surface area contributed by atoms with Gasteiger partial charge in [-0.25, -0.2) is 14.6 Å². The van der Waals surface area contributed by atoms with Crippen molar-refractivity contribution >= 4 is 16.7 Å². The Morgan fingerprint density at radius 3 is 2.76 bits per heavy atom. The van der Waals surface area contributed by atoms with E-state index in [2.05, 4.69) is 20.3 Å². The molecule has 9 heteroatoms. The van der Waals surface area contributed by atoms with Crippen molar-refractivity contribution in [2.75, 3.05) is 0 Å². The molecule has 0 spiro atoms. The van der Waals surface area contributed by atoms with Crippen LogP contribution in [0.2, 0.25) is 0 Å². The van der Waals surface area contributed by atoms with Crippen LogP contribution in [0.15, 0.2) is 55.2 Å². The largest absolute Gasteiger partial charge is 0.326 e. The molecule has 0 saturated carbocycles. The lowest BCUT2D eigenvalue weighted by Gasteiger charge is -2.01. The fourth-order valence-corrected chi connectivity index (χ4v) is 2.63. The normalized spacial score (nSPS) is 11.0. The minimum Gasteiger partial charge on any atom is -0.326 e. The van der Waals surface area contributed by atoms with Crippen molar-refractivity contribution in [1.29, 1.82) is 0 Å². The molecular weight excluding hydrogens is 322 g/mol. The summed E-state index contributed by atoms with van der Waals surface area (Å²) in [6.45, 7) is 1.06. The van der Waals surface area contributed by atoms with Crippen LogP contribution in [-0.4, -0.2) is 34.5 Å². The molecule has 0 radical (unpaired) electrons. The maximum absolute atomic E-state index is 10.7. The van der Waals surface area contributed by atoms with Crippen LogP contribution in [0.25, 0.3) is 11.0 Å². The summed E-state index contributed by atoms with van der Waals surface area (Å²) < 4.78 is 3.69. The number of nitro groups is 1. The molecule has 0 amide bonds. The Morgan fingerprint density at radius 2 is 1.96 bits per heavy atom. The van der Waals surface area contributed by atoms with E-state index >= 15 is 0 Å². The van der Waals surface area contributed by atoms with Gasteiger partial charge in [-0.15, -0.1) is 5.10 Å². The highest BCUT2D eigenvalue weighted by Gasteiger charge is 2.08. The third-order valence-electron chi connectivity index (χ3n) is 3.83. The molecule has 0 atom stereocenters. The predicted octanol–water partition coefficient (Wildman–Crippen LogP) is 2.03. The second kappa shape index (κ2) is 6.11. The van der Waals surface area contributed by atoms with Gasteiger partial charge in [0.2, 0.25) is 0 Å². The van der Waals surface area contributed by atoms with Gasteiger partial charge in [-0.2, -0.15) is 0 Å². The molecule has 25 heavy (non-hydrogen) atoms. The molecule has 0 unspecified atom stereocenters. The van der Waals surface area contributed by atoms with Crippen LogP contribution in [0.5, 0.6) is 0 Å². The van der Waals surface area contributed by atoms with Crippen molar-refractivity contribution in [1.82, 2.24) is 29.5 Å². The topological polar surface area (TPSA) is 105 Å². The van der Waals surface area contributed by atoms with Crippen molar-refractivity contribution in [2.45, 2.75) is 13.1 Å². The molecule has 1 aromatic carbocycles. The lowest BCUT2D eigenvalue weighted by atomic mass is 10.2. The van der Waals surface area contributed by atoms with E-state index in [0.29, 0.717) is 13.1 Å². The minimum atomic E-state index is -0.414. The Kier molecular flexibility index (Phi) is 3.65. The van der Waals surface area contributed by atoms with E-state index in [1.807, 2.05) is 23.0 Å². The molecule has 0 fully saturated rings. The Morgan fingerprint density at radius 1 is 1.12 bits per heavy atom. The van der Waals surface area contributed by atoms with Crippen LogP contribution in [0, 0.1) is 10.1 Å². The highest BCUT2D eigenvalue weighted by atomic mass is 16.6. The highest BCUT2D eigenvalue weighted by molar-refractivity contribution is 5.74. The minimum absolute atomic E-state index is 0.0736. The van der Waals surface area contributed by atoms with Gasteiger partial charge in [-0.1, -0.05) is 17.3 Å². The zero-order valence-corrected chi connectivity index (χ0v) is 13.1. The molecule has 4 aromatic rings. The van der Waals surface area contributed by atoms with Gasteiger partial charge in [0, 0.05) is 29.9 Å². The van der Waals surface area contributed by atoms with E-state index in [4.69, 9.17) is 0 Å². The first-order valence-corrected chi connectivity index (χ1v) is 7.56. The van der Waals surface area contributed by atoms with Gasteiger partial charge < -0.3 is 4.57 Å². The number of benzene rings is 1. The molecule has 124 valence electrons. The standard InChI is InChI=1S/C16H13N7O2/c24-23(25)15-3-1-12(2-4-15)8-22-10-14(19-20-22)9-21-6-5-13-7-17-11-18-16(13)21/h1-7,10-11H,8-9H2. The molecule has 0 aliphatic heterocycles. The van der Waals surface area contributed by atoms with Crippen molar-refractivity contribution < 1.29 is 4.92 Å². The van der Waals surface area contributed by atoms with Crippen LogP contribution in [0.1, 0.15) is 11.3 Å². The number of hydrogen-bond acceptors (Lipinski definition) is 6. The summed E-state index contributed by atoms with van der Waals surface area (Å²) in [5.41, 5.74) is 2.64. The lowest BCUT2D eigenvalue weighted by molar-refractivity contribution is -0.384. The first-order valence-electron chi connectivity index (χ1n) is 7.56. The van der Waals surface area contributed by atoms with Crippen LogP contribution >= 0.6 is 0 Å². The van der Waals surface area contributed by atoms with E-state index < -0.39 is 4.92 Å².